The molecule has 0 aliphatic heterocycles. The first-order valence-electron chi connectivity index (χ1n) is 14.9. The van der Waals surface area contributed by atoms with Gasteiger partial charge in [-0.05, 0) is 37.8 Å². The lowest BCUT2D eigenvalue weighted by molar-refractivity contribution is -0.130. The molecule has 0 spiro atoms. The van der Waals surface area contributed by atoms with Crippen molar-refractivity contribution in [1.29, 1.82) is 0 Å². The van der Waals surface area contributed by atoms with Crippen molar-refractivity contribution in [2.75, 3.05) is 11.9 Å². The number of ketones is 1. The summed E-state index contributed by atoms with van der Waals surface area (Å²) in [5.74, 6) is -0.542. The largest absolute Gasteiger partial charge is 0.374 e. The number of carbonyl (C=O) groups is 3. The molecule has 42 heavy (non-hydrogen) atoms. The van der Waals surface area contributed by atoms with Gasteiger partial charge in [0.25, 0.3) is 5.91 Å². The Balaban J connectivity index is 1.50. The molecule has 4 N–H and O–H groups in total. The zero-order chi connectivity index (χ0) is 30.0. The number of Topliss-reactive ketones (excluding diaryl/α,β-unsaturated/α-hetero) is 1. The van der Waals surface area contributed by atoms with Crippen LogP contribution in [0.15, 0.2) is 73.2 Å². The van der Waals surface area contributed by atoms with E-state index in [9.17, 15) is 14.4 Å². The van der Waals surface area contributed by atoms with Crippen LogP contribution in [-0.4, -0.2) is 45.3 Å². The van der Waals surface area contributed by atoms with Gasteiger partial charge in [0, 0.05) is 12.1 Å². The molecule has 2 unspecified atom stereocenters. The number of ether oxygens (including phenoxy) is 1. The SMILES string of the molecule is CC(C)(N)C(=O)NC(COCc1ccccc1)C(=O)Nc1cn(C(C(=O)C2CCCCCCC2)c2ccccc2)cn1. The highest BCUT2D eigenvalue weighted by Gasteiger charge is 2.31. The number of hydrogen-bond donors (Lipinski definition) is 3. The second kappa shape index (κ2) is 14.9. The lowest BCUT2D eigenvalue weighted by atomic mass is 9.84. The quantitative estimate of drug-likeness (QED) is 0.286. The summed E-state index contributed by atoms with van der Waals surface area (Å²) in [6.07, 6.45) is 10.7. The van der Waals surface area contributed by atoms with Gasteiger partial charge < -0.3 is 25.7 Å². The number of nitrogens with zero attached hydrogens (tertiary/aromatic N) is 2. The van der Waals surface area contributed by atoms with Crippen molar-refractivity contribution in [1.82, 2.24) is 14.9 Å². The third-order valence-corrected chi connectivity index (χ3v) is 7.65. The Morgan fingerprint density at radius 1 is 0.976 bits per heavy atom. The average Bonchev–Trinajstić information content (AvgIpc) is 3.40. The summed E-state index contributed by atoms with van der Waals surface area (Å²) in [5, 5.41) is 5.49. The van der Waals surface area contributed by atoms with Crippen LogP contribution in [0.2, 0.25) is 0 Å². The van der Waals surface area contributed by atoms with Crippen LogP contribution < -0.4 is 16.4 Å². The van der Waals surface area contributed by atoms with Crippen LogP contribution in [-0.2, 0) is 25.7 Å². The predicted molar refractivity (Wildman–Crippen MR) is 163 cm³/mol. The summed E-state index contributed by atoms with van der Waals surface area (Å²) in [4.78, 5) is 44.4. The van der Waals surface area contributed by atoms with Gasteiger partial charge in [0.2, 0.25) is 5.91 Å². The van der Waals surface area contributed by atoms with E-state index in [1.165, 1.54) is 6.42 Å². The molecule has 0 radical (unpaired) electrons. The fourth-order valence-corrected chi connectivity index (χ4v) is 5.23. The zero-order valence-electron chi connectivity index (χ0n) is 24.6. The lowest BCUT2D eigenvalue weighted by Crippen LogP contribution is -2.56. The Hall–Kier alpha value is -3.82. The van der Waals surface area contributed by atoms with Gasteiger partial charge in [-0.3, -0.25) is 14.4 Å². The zero-order valence-corrected chi connectivity index (χ0v) is 24.6. The van der Waals surface area contributed by atoms with Crippen molar-refractivity contribution in [3.8, 4) is 0 Å². The van der Waals surface area contributed by atoms with Gasteiger partial charge in [0.1, 0.15) is 12.1 Å². The summed E-state index contributed by atoms with van der Waals surface area (Å²) >= 11 is 0. The Labute approximate surface area is 248 Å². The van der Waals surface area contributed by atoms with Crippen LogP contribution in [0.3, 0.4) is 0 Å². The molecule has 1 aromatic heterocycles. The van der Waals surface area contributed by atoms with Crippen LogP contribution in [0.5, 0.6) is 0 Å². The monoisotopic (exact) mass is 573 g/mol. The van der Waals surface area contributed by atoms with E-state index in [1.807, 2.05) is 60.7 Å². The first-order valence-corrected chi connectivity index (χ1v) is 14.9. The van der Waals surface area contributed by atoms with E-state index in [2.05, 4.69) is 15.6 Å². The molecule has 1 heterocycles. The van der Waals surface area contributed by atoms with E-state index in [0.29, 0.717) is 0 Å². The number of carbonyl (C=O) groups excluding carboxylic acids is 3. The van der Waals surface area contributed by atoms with E-state index >= 15 is 0 Å². The first kappa shape index (κ1) is 31.1. The second-order valence-corrected chi connectivity index (χ2v) is 11.7. The summed E-state index contributed by atoms with van der Waals surface area (Å²) in [6.45, 7) is 3.36. The first-order chi connectivity index (χ1) is 20.2. The molecule has 2 atom stereocenters. The molecule has 0 bridgehead atoms. The summed E-state index contributed by atoms with van der Waals surface area (Å²) in [7, 11) is 0. The van der Waals surface area contributed by atoms with Crippen molar-refractivity contribution in [3.05, 3.63) is 84.3 Å². The number of hydrogen-bond acceptors (Lipinski definition) is 6. The maximum atomic E-state index is 13.9. The number of aromatic nitrogens is 2. The molecule has 3 aromatic rings. The Morgan fingerprint density at radius 3 is 2.24 bits per heavy atom. The molecule has 2 amide bonds. The summed E-state index contributed by atoms with van der Waals surface area (Å²) in [5.41, 5.74) is 6.61. The van der Waals surface area contributed by atoms with E-state index < -0.39 is 29.4 Å². The number of nitrogens with two attached hydrogens (primary N) is 1. The van der Waals surface area contributed by atoms with Crippen molar-refractivity contribution >= 4 is 23.4 Å². The summed E-state index contributed by atoms with van der Waals surface area (Å²) in [6, 6.07) is 17.7. The molecule has 1 aliphatic rings. The Kier molecular flexibility index (Phi) is 11.0. The van der Waals surface area contributed by atoms with E-state index in [1.54, 1.807) is 30.9 Å². The summed E-state index contributed by atoms with van der Waals surface area (Å²) < 4.78 is 7.56. The highest BCUT2D eigenvalue weighted by molar-refractivity contribution is 5.98. The molecule has 1 saturated carbocycles. The minimum atomic E-state index is -1.18. The fraction of sp³-hybridized carbons (Fsp3) is 0.455. The third-order valence-electron chi connectivity index (χ3n) is 7.65. The smallest absolute Gasteiger partial charge is 0.250 e. The average molecular weight is 574 g/mol. The maximum absolute atomic E-state index is 13.9. The van der Waals surface area contributed by atoms with Crippen LogP contribution >= 0.6 is 0 Å². The number of rotatable bonds is 12. The number of imidazole rings is 1. The number of anilines is 1. The minimum absolute atomic E-state index is 0.0167. The van der Waals surface area contributed by atoms with Gasteiger partial charge in [-0.1, -0.05) is 92.8 Å². The van der Waals surface area contributed by atoms with Crippen LogP contribution in [0.4, 0.5) is 5.82 Å². The van der Waals surface area contributed by atoms with Crippen molar-refractivity contribution in [2.24, 2.45) is 11.7 Å². The van der Waals surface area contributed by atoms with Crippen LogP contribution in [0.1, 0.15) is 76.0 Å². The van der Waals surface area contributed by atoms with Gasteiger partial charge in [0.05, 0.1) is 25.1 Å². The molecule has 224 valence electrons. The molecule has 1 fully saturated rings. The van der Waals surface area contributed by atoms with Crippen molar-refractivity contribution < 1.29 is 19.1 Å². The standard InChI is InChI=1S/C33H43N5O4/c1-33(2,34)32(41)36-27(22-42-21-24-14-8-6-9-15-24)31(40)37-28-20-38(23-35-28)29(25-16-12-7-13-17-25)30(39)26-18-10-4-3-5-11-19-26/h6-9,12-17,20,23,26-27,29H,3-5,10-11,18-19,21-22,34H2,1-2H3,(H,36,41)(H,37,40). The molecule has 2 aromatic carbocycles. The Bertz CT molecular complexity index is 1290. The van der Waals surface area contributed by atoms with E-state index in [-0.39, 0.29) is 30.7 Å². The number of amides is 2. The van der Waals surface area contributed by atoms with E-state index in [0.717, 1.165) is 49.7 Å². The topological polar surface area (TPSA) is 128 Å². The van der Waals surface area contributed by atoms with Gasteiger partial charge in [0.15, 0.2) is 11.6 Å². The van der Waals surface area contributed by atoms with Crippen LogP contribution in [0.25, 0.3) is 0 Å². The second-order valence-electron chi connectivity index (χ2n) is 11.7. The molecule has 9 nitrogen and oxygen atoms in total. The van der Waals surface area contributed by atoms with Crippen molar-refractivity contribution in [3.63, 3.8) is 0 Å². The lowest BCUT2D eigenvalue weighted by Gasteiger charge is -2.25. The maximum Gasteiger partial charge on any atom is 0.250 e. The third kappa shape index (κ3) is 8.84. The predicted octanol–water partition coefficient (Wildman–Crippen LogP) is 4.78. The molecular weight excluding hydrogens is 530 g/mol. The highest BCUT2D eigenvalue weighted by Crippen LogP contribution is 2.30. The molecule has 1 aliphatic carbocycles. The number of nitrogens with one attached hydrogen (secondary N) is 2. The minimum Gasteiger partial charge on any atom is -0.374 e. The van der Waals surface area contributed by atoms with Gasteiger partial charge in [-0.15, -0.1) is 0 Å². The van der Waals surface area contributed by atoms with Gasteiger partial charge in [-0.25, -0.2) is 4.98 Å². The van der Waals surface area contributed by atoms with Gasteiger partial charge >= 0.3 is 0 Å². The van der Waals surface area contributed by atoms with Crippen molar-refractivity contribution in [2.45, 2.75) is 83.0 Å². The van der Waals surface area contributed by atoms with Crippen LogP contribution in [0, 0.1) is 5.92 Å². The number of benzene rings is 2. The molecular formula is C33H43N5O4. The van der Waals surface area contributed by atoms with E-state index in [4.69, 9.17) is 10.5 Å². The normalized spacial score (nSPS) is 16.1. The Morgan fingerprint density at radius 2 is 1.60 bits per heavy atom. The highest BCUT2D eigenvalue weighted by atomic mass is 16.5. The fourth-order valence-electron chi connectivity index (χ4n) is 5.23. The molecule has 4 rings (SSSR count). The molecule has 0 saturated heterocycles. The van der Waals surface area contributed by atoms with Gasteiger partial charge in [-0.2, -0.15) is 0 Å². The molecule has 9 heteroatoms.